The van der Waals surface area contributed by atoms with Gasteiger partial charge in [0.25, 0.3) is 5.95 Å². The molecule has 5 nitrogen and oxygen atoms in total. The van der Waals surface area contributed by atoms with Crippen molar-refractivity contribution >= 4 is 22.1 Å². The molecule has 0 saturated carbocycles. The van der Waals surface area contributed by atoms with Gasteiger partial charge in [0.1, 0.15) is 11.8 Å². The highest BCUT2D eigenvalue weighted by Crippen LogP contribution is 2.16. The minimum absolute atomic E-state index is 0.535. The highest BCUT2D eigenvalue weighted by Gasteiger charge is 2.07. The number of rotatable bonds is 1. The van der Waals surface area contributed by atoms with Gasteiger partial charge in [-0.2, -0.15) is 0 Å². The molecule has 4 rings (SSSR count). The van der Waals surface area contributed by atoms with Crippen molar-refractivity contribution in [2.24, 2.45) is 0 Å². The van der Waals surface area contributed by atoms with Crippen LogP contribution < -0.4 is 0 Å². The fourth-order valence-corrected chi connectivity index (χ4v) is 2.09. The zero-order valence-corrected chi connectivity index (χ0v) is 9.93. The zero-order valence-electron chi connectivity index (χ0n) is 9.93. The quantitative estimate of drug-likeness (QED) is 0.518. The number of hydrogen-bond donors (Lipinski definition) is 0. The number of nitrogens with zero attached hydrogens (tertiary/aromatic N) is 5. The lowest BCUT2D eigenvalue weighted by molar-refractivity contribution is 0.897. The average molecular weight is 247 g/mol. The Morgan fingerprint density at radius 3 is 2.37 bits per heavy atom. The SMILES string of the molecule is c1ccc2nc(-n3cnc4ccccc43)nnc2c1. The van der Waals surface area contributed by atoms with Crippen molar-refractivity contribution in [1.29, 1.82) is 0 Å². The van der Waals surface area contributed by atoms with Gasteiger partial charge in [-0.1, -0.05) is 24.3 Å². The molecule has 90 valence electrons. The number of benzene rings is 2. The number of hydrogen-bond acceptors (Lipinski definition) is 4. The first-order valence-corrected chi connectivity index (χ1v) is 5.94. The zero-order chi connectivity index (χ0) is 12.7. The second-order valence-corrected chi connectivity index (χ2v) is 4.20. The molecule has 0 spiro atoms. The third-order valence-electron chi connectivity index (χ3n) is 3.02. The highest BCUT2D eigenvalue weighted by molar-refractivity contribution is 5.77. The van der Waals surface area contributed by atoms with Gasteiger partial charge >= 0.3 is 0 Å². The van der Waals surface area contributed by atoms with Crippen molar-refractivity contribution in [3.63, 3.8) is 0 Å². The van der Waals surface area contributed by atoms with E-state index < -0.39 is 0 Å². The molecule has 5 heteroatoms. The smallest absolute Gasteiger partial charge is 0.255 e. The molecule has 0 bridgehead atoms. The van der Waals surface area contributed by atoms with Crippen LogP contribution in [0.3, 0.4) is 0 Å². The molecule has 0 aliphatic rings. The van der Waals surface area contributed by atoms with Gasteiger partial charge in [0, 0.05) is 0 Å². The monoisotopic (exact) mass is 247 g/mol. The lowest BCUT2D eigenvalue weighted by atomic mass is 10.3. The van der Waals surface area contributed by atoms with Crippen LogP contribution in [0.2, 0.25) is 0 Å². The lowest BCUT2D eigenvalue weighted by Gasteiger charge is -2.02. The summed E-state index contributed by atoms with van der Waals surface area (Å²) < 4.78 is 1.84. The van der Waals surface area contributed by atoms with Gasteiger partial charge in [-0.3, -0.25) is 4.57 Å². The Labute approximate surface area is 108 Å². The van der Waals surface area contributed by atoms with Crippen molar-refractivity contribution < 1.29 is 0 Å². The van der Waals surface area contributed by atoms with Crippen LogP contribution in [0.5, 0.6) is 0 Å². The van der Waals surface area contributed by atoms with E-state index in [1.807, 2.05) is 53.1 Å². The minimum atomic E-state index is 0.535. The van der Waals surface area contributed by atoms with Crippen molar-refractivity contribution in [1.82, 2.24) is 24.7 Å². The molecule has 0 N–H and O–H groups in total. The molecule has 4 aromatic rings. The Morgan fingerprint density at radius 2 is 1.47 bits per heavy atom. The van der Waals surface area contributed by atoms with E-state index in [4.69, 9.17) is 0 Å². The standard InChI is InChI=1S/C14H9N5/c1-2-6-11-10(5-1)16-14(18-17-11)19-9-15-12-7-3-4-8-13(12)19/h1-9H. The van der Waals surface area contributed by atoms with E-state index in [0.717, 1.165) is 22.1 Å². The molecule has 0 amide bonds. The maximum atomic E-state index is 4.52. The normalized spacial score (nSPS) is 11.2. The van der Waals surface area contributed by atoms with Crippen LogP contribution in [0.25, 0.3) is 28.0 Å². The van der Waals surface area contributed by atoms with Crippen molar-refractivity contribution in [2.75, 3.05) is 0 Å². The second kappa shape index (κ2) is 3.84. The topological polar surface area (TPSA) is 56.5 Å². The summed E-state index contributed by atoms with van der Waals surface area (Å²) >= 11 is 0. The minimum Gasteiger partial charge on any atom is -0.266 e. The molecule has 2 heterocycles. The summed E-state index contributed by atoms with van der Waals surface area (Å²) in [6.07, 6.45) is 1.72. The molecule has 0 saturated heterocycles. The van der Waals surface area contributed by atoms with Crippen LogP contribution in [-0.4, -0.2) is 24.7 Å². The Kier molecular flexibility index (Phi) is 2.05. The van der Waals surface area contributed by atoms with E-state index in [1.54, 1.807) is 6.33 Å². The number of imidazole rings is 1. The molecule has 19 heavy (non-hydrogen) atoms. The summed E-state index contributed by atoms with van der Waals surface area (Å²) in [7, 11) is 0. The molecular weight excluding hydrogens is 238 g/mol. The Balaban J connectivity index is 1.99. The average Bonchev–Trinajstić information content (AvgIpc) is 2.91. The summed E-state index contributed by atoms with van der Waals surface area (Å²) in [5.74, 6) is 0.535. The summed E-state index contributed by atoms with van der Waals surface area (Å²) in [4.78, 5) is 8.85. The molecule has 0 aliphatic heterocycles. The molecule has 0 atom stereocenters. The Bertz CT molecular complexity index is 881. The van der Waals surface area contributed by atoms with Gasteiger partial charge in [0.2, 0.25) is 0 Å². The van der Waals surface area contributed by atoms with Crippen LogP contribution in [0.4, 0.5) is 0 Å². The first-order chi connectivity index (χ1) is 9.42. The van der Waals surface area contributed by atoms with E-state index >= 15 is 0 Å². The van der Waals surface area contributed by atoms with Gasteiger partial charge < -0.3 is 0 Å². The van der Waals surface area contributed by atoms with E-state index in [1.165, 1.54) is 0 Å². The van der Waals surface area contributed by atoms with Crippen LogP contribution in [-0.2, 0) is 0 Å². The van der Waals surface area contributed by atoms with Crippen LogP contribution >= 0.6 is 0 Å². The first-order valence-electron chi connectivity index (χ1n) is 5.94. The fraction of sp³-hybridized carbons (Fsp3) is 0. The third kappa shape index (κ3) is 1.55. The number of fused-ring (bicyclic) bond motifs is 2. The predicted octanol–water partition coefficient (Wildman–Crippen LogP) is 2.36. The van der Waals surface area contributed by atoms with Crippen LogP contribution in [0, 0.1) is 0 Å². The molecule has 2 aromatic carbocycles. The number of aromatic nitrogens is 5. The predicted molar refractivity (Wildman–Crippen MR) is 72.0 cm³/mol. The molecule has 0 fully saturated rings. The van der Waals surface area contributed by atoms with Gasteiger partial charge in [-0.05, 0) is 24.3 Å². The van der Waals surface area contributed by atoms with E-state index in [0.29, 0.717) is 5.95 Å². The lowest BCUT2D eigenvalue weighted by Crippen LogP contribution is -2.01. The van der Waals surface area contributed by atoms with Crippen LogP contribution in [0.1, 0.15) is 0 Å². The Morgan fingerprint density at radius 1 is 0.737 bits per heavy atom. The van der Waals surface area contributed by atoms with Crippen molar-refractivity contribution in [3.05, 3.63) is 54.9 Å². The second-order valence-electron chi connectivity index (χ2n) is 4.20. The first kappa shape index (κ1) is 10.1. The van der Waals surface area contributed by atoms with Gasteiger partial charge in [0.15, 0.2) is 0 Å². The summed E-state index contributed by atoms with van der Waals surface area (Å²) in [5.41, 5.74) is 3.50. The van der Waals surface area contributed by atoms with Gasteiger partial charge in [-0.25, -0.2) is 9.97 Å². The highest BCUT2D eigenvalue weighted by atomic mass is 15.3. The largest absolute Gasteiger partial charge is 0.266 e. The van der Waals surface area contributed by atoms with Gasteiger partial charge in [0.05, 0.1) is 16.6 Å². The summed E-state index contributed by atoms with van der Waals surface area (Å²) in [6.45, 7) is 0. The van der Waals surface area contributed by atoms with Crippen LogP contribution in [0.15, 0.2) is 54.9 Å². The summed E-state index contributed by atoms with van der Waals surface area (Å²) in [5, 5.41) is 8.34. The maximum absolute atomic E-state index is 4.52. The number of para-hydroxylation sites is 3. The molecule has 2 aromatic heterocycles. The van der Waals surface area contributed by atoms with Gasteiger partial charge in [-0.15, -0.1) is 10.2 Å². The van der Waals surface area contributed by atoms with E-state index in [2.05, 4.69) is 20.2 Å². The Hall–Kier alpha value is -2.82. The summed E-state index contributed by atoms with van der Waals surface area (Å²) in [6, 6.07) is 15.5. The molecule has 0 unspecified atom stereocenters. The van der Waals surface area contributed by atoms with Crippen molar-refractivity contribution in [3.8, 4) is 5.95 Å². The van der Waals surface area contributed by atoms with Crippen molar-refractivity contribution in [2.45, 2.75) is 0 Å². The maximum Gasteiger partial charge on any atom is 0.255 e. The molecule has 0 radical (unpaired) electrons. The molecular formula is C14H9N5. The third-order valence-corrected chi connectivity index (χ3v) is 3.02. The van der Waals surface area contributed by atoms with E-state index in [9.17, 15) is 0 Å². The van der Waals surface area contributed by atoms with E-state index in [-0.39, 0.29) is 0 Å². The fourth-order valence-electron chi connectivity index (χ4n) is 2.09. The molecule has 0 aliphatic carbocycles.